The van der Waals surface area contributed by atoms with Crippen molar-refractivity contribution < 1.29 is 8.78 Å². The van der Waals surface area contributed by atoms with Crippen LogP contribution in [0.4, 0.5) is 8.78 Å². The maximum atomic E-state index is 13.3. The minimum absolute atomic E-state index is 0.447. The van der Waals surface area contributed by atoms with Crippen molar-refractivity contribution in [3.8, 4) is 6.07 Å². The lowest BCUT2D eigenvalue weighted by Crippen LogP contribution is -2.30. The lowest BCUT2D eigenvalue weighted by atomic mass is 9.66. The Bertz CT molecular complexity index is 488. The van der Waals surface area contributed by atoms with Crippen LogP contribution in [0.5, 0.6) is 0 Å². The fourth-order valence-corrected chi connectivity index (χ4v) is 3.29. The first-order valence-electron chi connectivity index (χ1n) is 7.30. The summed E-state index contributed by atoms with van der Waals surface area (Å²) in [4.78, 5) is 0. The predicted octanol–water partition coefficient (Wildman–Crippen LogP) is 4.86. The molecule has 0 unspecified atom stereocenters. The molecule has 1 aromatic carbocycles. The van der Waals surface area contributed by atoms with Gasteiger partial charge in [-0.2, -0.15) is 5.26 Å². The Labute approximate surface area is 119 Å². The van der Waals surface area contributed by atoms with Gasteiger partial charge in [-0.25, -0.2) is 8.78 Å². The smallest absolute Gasteiger partial charge is 0.126 e. The maximum absolute atomic E-state index is 13.3. The summed E-state index contributed by atoms with van der Waals surface area (Å²) in [5.41, 5.74) is 0.137. The fourth-order valence-electron chi connectivity index (χ4n) is 3.29. The van der Waals surface area contributed by atoms with Crippen LogP contribution in [0.2, 0.25) is 0 Å². The van der Waals surface area contributed by atoms with Crippen LogP contribution >= 0.6 is 0 Å². The number of rotatable bonds is 3. The Balaban J connectivity index is 2.12. The van der Waals surface area contributed by atoms with Crippen LogP contribution in [0.3, 0.4) is 0 Å². The zero-order valence-corrected chi connectivity index (χ0v) is 12.1. The van der Waals surface area contributed by atoms with Gasteiger partial charge in [0.05, 0.1) is 11.5 Å². The molecule has 0 bridgehead atoms. The van der Waals surface area contributed by atoms with Crippen molar-refractivity contribution in [1.82, 2.24) is 0 Å². The van der Waals surface area contributed by atoms with E-state index in [-0.39, 0.29) is 0 Å². The molecule has 1 aliphatic carbocycles. The lowest BCUT2D eigenvalue weighted by molar-refractivity contribution is 0.175. The summed E-state index contributed by atoms with van der Waals surface area (Å²) in [7, 11) is 0. The van der Waals surface area contributed by atoms with Crippen molar-refractivity contribution in [1.29, 1.82) is 5.26 Å². The molecule has 1 nitrogen and oxygen atoms in total. The second-order valence-corrected chi connectivity index (χ2v) is 6.43. The molecule has 1 fully saturated rings. The van der Waals surface area contributed by atoms with Crippen molar-refractivity contribution in [2.24, 2.45) is 17.3 Å². The largest absolute Gasteiger partial charge is 0.207 e. The molecule has 0 saturated heterocycles. The Hall–Kier alpha value is -1.43. The first-order valence-corrected chi connectivity index (χ1v) is 7.30. The maximum Gasteiger partial charge on any atom is 0.126 e. The zero-order chi connectivity index (χ0) is 14.8. The second-order valence-electron chi connectivity index (χ2n) is 6.43. The SMILES string of the molecule is CC(C)C1CCC(C#N)(Cc2cc(F)cc(F)c2)CC1. The number of nitrogens with zero attached hydrogens (tertiary/aromatic N) is 1. The van der Waals surface area contributed by atoms with Gasteiger partial charge in [-0.15, -0.1) is 0 Å². The summed E-state index contributed by atoms with van der Waals surface area (Å²) in [5, 5.41) is 9.53. The minimum atomic E-state index is -0.566. The van der Waals surface area contributed by atoms with Crippen LogP contribution in [0.1, 0.15) is 45.1 Å². The molecule has 0 radical (unpaired) electrons. The molecule has 0 heterocycles. The first kappa shape index (κ1) is 15.0. The predicted molar refractivity (Wildman–Crippen MR) is 74.9 cm³/mol. The van der Waals surface area contributed by atoms with Gasteiger partial charge < -0.3 is 0 Å². The molecule has 108 valence electrons. The third-order valence-corrected chi connectivity index (χ3v) is 4.63. The van der Waals surface area contributed by atoms with E-state index in [4.69, 9.17) is 0 Å². The van der Waals surface area contributed by atoms with Gasteiger partial charge in [0.1, 0.15) is 11.6 Å². The van der Waals surface area contributed by atoms with E-state index in [0.717, 1.165) is 31.7 Å². The van der Waals surface area contributed by atoms with E-state index in [1.54, 1.807) is 0 Å². The van der Waals surface area contributed by atoms with Gasteiger partial charge in [0.15, 0.2) is 0 Å². The quantitative estimate of drug-likeness (QED) is 0.773. The molecule has 2 rings (SSSR count). The molecular weight excluding hydrogens is 256 g/mol. The Morgan fingerprint density at radius 3 is 2.20 bits per heavy atom. The van der Waals surface area contributed by atoms with Crippen LogP contribution in [0.15, 0.2) is 18.2 Å². The number of halogens is 2. The van der Waals surface area contributed by atoms with E-state index >= 15 is 0 Å². The molecule has 0 aliphatic heterocycles. The van der Waals surface area contributed by atoms with Gasteiger partial charge in [-0.05, 0) is 61.6 Å². The fraction of sp³-hybridized carbons (Fsp3) is 0.588. The molecule has 1 saturated carbocycles. The van der Waals surface area contributed by atoms with Gasteiger partial charge in [0.25, 0.3) is 0 Å². The van der Waals surface area contributed by atoms with E-state index in [9.17, 15) is 14.0 Å². The minimum Gasteiger partial charge on any atom is -0.207 e. The molecule has 0 atom stereocenters. The van der Waals surface area contributed by atoms with Crippen molar-refractivity contribution in [3.05, 3.63) is 35.4 Å². The van der Waals surface area contributed by atoms with Crippen molar-refractivity contribution in [2.45, 2.75) is 46.0 Å². The monoisotopic (exact) mass is 277 g/mol. The van der Waals surface area contributed by atoms with E-state index in [1.165, 1.54) is 12.1 Å². The Kier molecular flexibility index (Phi) is 4.42. The number of benzene rings is 1. The summed E-state index contributed by atoms with van der Waals surface area (Å²) >= 11 is 0. The molecule has 0 amide bonds. The standard InChI is InChI=1S/C17H21F2N/c1-12(2)14-3-5-17(11-20,6-4-14)10-13-7-15(18)9-16(19)8-13/h7-9,12,14H,3-6,10H2,1-2H3. The highest BCUT2D eigenvalue weighted by Crippen LogP contribution is 2.43. The Morgan fingerprint density at radius 2 is 1.75 bits per heavy atom. The highest BCUT2D eigenvalue weighted by molar-refractivity contribution is 5.22. The Morgan fingerprint density at radius 1 is 1.20 bits per heavy atom. The van der Waals surface area contributed by atoms with Crippen molar-refractivity contribution in [3.63, 3.8) is 0 Å². The third kappa shape index (κ3) is 3.36. The summed E-state index contributed by atoms with van der Waals surface area (Å²) in [5.74, 6) is 0.173. The average molecular weight is 277 g/mol. The lowest BCUT2D eigenvalue weighted by Gasteiger charge is -2.36. The van der Waals surface area contributed by atoms with E-state index in [1.807, 2.05) is 0 Å². The van der Waals surface area contributed by atoms with Gasteiger partial charge >= 0.3 is 0 Å². The molecule has 0 spiro atoms. The second kappa shape index (κ2) is 5.91. The topological polar surface area (TPSA) is 23.8 Å². The summed E-state index contributed by atoms with van der Waals surface area (Å²) < 4.78 is 26.5. The zero-order valence-electron chi connectivity index (χ0n) is 12.1. The van der Waals surface area contributed by atoms with E-state index in [2.05, 4.69) is 19.9 Å². The summed E-state index contributed by atoms with van der Waals surface area (Å²) in [6.45, 7) is 4.43. The average Bonchev–Trinajstić information content (AvgIpc) is 2.38. The van der Waals surface area contributed by atoms with Gasteiger partial charge in [0.2, 0.25) is 0 Å². The number of hydrogen-bond acceptors (Lipinski definition) is 1. The van der Waals surface area contributed by atoms with Crippen LogP contribution in [0, 0.1) is 40.2 Å². The highest BCUT2D eigenvalue weighted by atomic mass is 19.1. The van der Waals surface area contributed by atoms with Gasteiger partial charge in [-0.1, -0.05) is 13.8 Å². The van der Waals surface area contributed by atoms with E-state index < -0.39 is 17.0 Å². The third-order valence-electron chi connectivity index (χ3n) is 4.63. The molecule has 0 N–H and O–H groups in total. The molecule has 1 aliphatic rings. The molecule has 3 heteroatoms. The van der Waals surface area contributed by atoms with E-state index in [0.29, 0.717) is 23.8 Å². The number of hydrogen-bond donors (Lipinski definition) is 0. The van der Waals surface area contributed by atoms with Crippen LogP contribution < -0.4 is 0 Å². The van der Waals surface area contributed by atoms with Crippen LogP contribution in [-0.4, -0.2) is 0 Å². The van der Waals surface area contributed by atoms with Crippen molar-refractivity contribution in [2.75, 3.05) is 0 Å². The first-order chi connectivity index (χ1) is 9.44. The van der Waals surface area contributed by atoms with Crippen LogP contribution in [-0.2, 0) is 6.42 Å². The summed E-state index contributed by atoms with van der Waals surface area (Å²) in [6, 6.07) is 5.98. The summed E-state index contributed by atoms with van der Waals surface area (Å²) in [6.07, 6.45) is 4.16. The highest BCUT2D eigenvalue weighted by Gasteiger charge is 2.36. The van der Waals surface area contributed by atoms with Gasteiger partial charge in [-0.3, -0.25) is 0 Å². The normalized spacial score (nSPS) is 26.5. The molecule has 1 aromatic rings. The molecule has 20 heavy (non-hydrogen) atoms. The van der Waals surface area contributed by atoms with Crippen LogP contribution in [0.25, 0.3) is 0 Å². The number of nitriles is 1. The molecular formula is C17H21F2N. The van der Waals surface area contributed by atoms with Crippen molar-refractivity contribution >= 4 is 0 Å². The van der Waals surface area contributed by atoms with Gasteiger partial charge in [0, 0.05) is 6.07 Å². The molecule has 0 aromatic heterocycles.